The van der Waals surface area contributed by atoms with Crippen molar-refractivity contribution in [2.45, 2.75) is 65.2 Å². The average Bonchev–Trinajstić information content (AvgIpc) is 2.38. The normalized spacial score (nSPS) is 24.5. The molecule has 1 saturated carbocycles. The van der Waals surface area contributed by atoms with Gasteiger partial charge in [0.1, 0.15) is 11.6 Å². The van der Waals surface area contributed by atoms with Crippen LogP contribution in [0.5, 0.6) is 0 Å². The molecule has 2 heteroatoms. The third kappa shape index (κ3) is 4.43. The Morgan fingerprint density at radius 2 is 1.90 bits per heavy atom. The van der Waals surface area contributed by atoms with Crippen molar-refractivity contribution in [1.82, 2.24) is 0 Å². The molecule has 0 aromatic carbocycles. The SMILES string of the molecule is CC(C)=CCCC1=CCC(C2CC(=O)CC(=O)C2)CC1. The Kier molecular flexibility index (Phi) is 5.33. The maximum atomic E-state index is 11.6. The molecule has 0 amide bonds. The molecule has 1 atom stereocenters. The van der Waals surface area contributed by atoms with E-state index in [-0.39, 0.29) is 18.0 Å². The first-order valence-corrected chi connectivity index (χ1v) is 7.89. The Labute approximate surface area is 122 Å². The van der Waals surface area contributed by atoms with Crippen LogP contribution in [0.4, 0.5) is 0 Å². The molecule has 2 aliphatic carbocycles. The number of Topliss-reactive ketones (excluding diaryl/α,β-unsaturated/α-hetero) is 2. The molecule has 0 radical (unpaired) electrons. The molecule has 110 valence electrons. The van der Waals surface area contributed by atoms with Gasteiger partial charge in [0.15, 0.2) is 0 Å². The van der Waals surface area contributed by atoms with E-state index in [1.54, 1.807) is 5.57 Å². The van der Waals surface area contributed by atoms with Gasteiger partial charge in [-0.2, -0.15) is 0 Å². The van der Waals surface area contributed by atoms with Crippen molar-refractivity contribution in [2.75, 3.05) is 0 Å². The van der Waals surface area contributed by atoms with E-state index in [1.165, 1.54) is 12.0 Å². The van der Waals surface area contributed by atoms with E-state index in [0.717, 1.165) is 25.7 Å². The van der Waals surface area contributed by atoms with Crippen molar-refractivity contribution in [3.63, 3.8) is 0 Å². The highest BCUT2D eigenvalue weighted by Gasteiger charge is 2.31. The Morgan fingerprint density at radius 3 is 2.45 bits per heavy atom. The van der Waals surface area contributed by atoms with Crippen LogP contribution in [-0.2, 0) is 9.59 Å². The number of ketones is 2. The highest BCUT2D eigenvalue weighted by atomic mass is 16.1. The number of allylic oxidation sites excluding steroid dienone is 4. The number of rotatable bonds is 4. The van der Waals surface area contributed by atoms with Gasteiger partial charge >= 0.3 is 0 Å². The highest BCUT2D eigenvalue weighted by molar-refractivity contribution is 6.01. The van der Waals surface area contributed by atoms with Crippen LogP contribution >= 0.6 is 0 Å². The molecule has 0 aromatic rings. The Hall–Kier alpha value is -1.18. The van der Waals surface area contributed by atoms with E-state index < -0.39 is 0 Å². The minimum Gasteiger partial charge on any atom is -0.299 e. The zero-order chi connectivity index (χ0) is 14.5. The lowest BCUT2D eigenvalue weighted by Gasteiger charge is -2.31. The summed E-state index contributed by atoms with van der Waals surface area (Å²) < 4.78 is 0. The van der Waals surface area contributed by atoms with Crippen LogP contribution in [0.2, 0.25) is 0 Å². The second-order valence-corrected chi connectivity index (χ2v) is 6.64. The largest absolute Gasteiger partial charge is 0.299 e. The van der Waals surface area contributed by atoms with Gasteiger partial charge in [-0.25, -0.2) is 0 Å². The van der Waals surface area contributed by atoms with Crippen molar-refractivity contribution >= 4 is 11.6 Å². The van der Waals surface area contributed by atoms with Gasteiger partial charge in [-0.15, -0.1) is 0 Å². The lowest BCUT2D eigenvalue weighted by atomic mass is 9.73. The second-order valence-electron chi connectivity index (χ2n) is 6.64. The number of hydrogen-bond donors (Lipinski definition) is 0. The number of carbonyl (C=O) groups excluding carboxylic acids is 2. The van der Waals surface area contributed by atoms with Crippen molar-refractivity contribution in [3.05, 3.63) is 23.3 Å². The van der Waals surface area contributed by atoms with Crippen LogP contribution in [0.3, 0.4) is 0 Å². The van der Waals surface area contributed by atoms with Gasteiger partial charge in [0.05, 0.1) is 6.42 Å². The molecule has 2 rings (SSSR count). The molecular weight excluding hydrogens is 248 g/mol. The van der Waals surface area contributed by atoms with Gasteiger partial charge in [-0.1, -0.05) is 23.3 Å². The van der Waals surface area contributed by atoms with E-state index in [9.17, 15) is 9.59 Å². The number of hydrogen-bond acceptors (Lipinski definition) is 2. The topological polar surface area (TPSA) is 34.1 Å². The first kappa shape index (κ1) is 15.2. The Morgan fingerprint density at radius 1 is 1.20 bits per heavy atom. The summed E-state index contributed by atoms with van der Waals surface area (Å²) in [5.74, 6) is 1.18. The van der Waals surface area contributed by atoms with E-state index in [0.29, 0.717) is 24.7 Å². The first-order chi connectivity index (χ1) is 9.54. The maximum Gasteiger partial charge on any atom is 0.140 e. The summed E-state index contributed by atoms with van der Waals surface area (Å²) in [7, 11) is 0. The predicted molar refractivity (Wildman–Crippen MR) is 81.4 cm³/mol. The Balaban J connectivity index is 1.83. The summed E-state index contributed by atoms with van der Waals surface area (Å²) in [6.45, 7) is 4.28. The summed E-state index contributed by atoms with van der Waals surface area (Å²) in [5, 5.41) is 0. The summed E-state index contributed by atoms with van der Waals surface area (Å²) in [6.07, 6.45) is 11.8. The molecule has 0 N–H and O–H groups in total. The van der Waals surface area contributed by atoms with E-state index in [2.05, 4.69) is 26.0 Å². The molecule has 1 unspecified atom stereocenters. The fourth-order valence-corrected chi connectivity index (χ4v) is 3.46. The van der Waals surface area contributed by atoms with E-state index >= 15 is 0 Å². The molecule has 0 aromatic heterocycles. The maximum absolute atomic E-state index is 11.6. The molecule has 0 heterocycles. The van der Waals surface area contributed by atoms with Gasteiger partial charge in [0.2, 0.25) is 0 Å². The molecule has 0 aliphatic heterocycles. The van der Waals surface area contributed by atoms with Crippen LogP contribution in [0.15, 0.2) is 23.3 Å². The third-order valence-corrected chi connectivity index (χ3v) is 4.60. The van der Waals surface area contributed by atoms with Gasteiger partial charge in [-0.05, 0) is 57.8 Å². The van der Waals surface area contributed by atoms with Crippen LogP contribution in [0.1, 0.15) is 65.2 Å². The van der Waals surface area contributed by atoms with Crippen molar-refractivity contribution < 1.29 is 9.59 Å². The lowest BCUT2D eigenvalue weighted by Crippen LogP contribution is -2.29. The molecule has 2 aliphatic rings. The standard InChI is InChI=1S/C18H26O2/c1-13(2)4-3-5-14-6-8-15(9-7-14)16-10-17(19)12-18(20)11-16/h4,6,15-16H,3,5,7-12H2,1-2H3. The Bertz CT molecular complexity index is 422. The van der Waals surface area contributed by atoms with Crippen molar-refractivity contribution in [3.8, 4) is 0 Å². The smallest absolute Gasteiger partial charge is 0.140 e. The fraction of sp³-hybridized carbons (Fsp3) is 0.667. The monoisotopic (exact) mass is 274 g/mol. The number of carbonyl (C=O) groups is 2. The van der Waals surface area contributed by atoms with Crippen LogP contribution in [0, 0.1) is 11.8 Å². The van der Waals surface area contributed by atoms with Crippen LogP contribution in [-0.4, -0.2) is 11.6 Å². The highest BCUT2D eigenvalue weighted by Crippen LogP contribution is 2.36. The summed E-state index contributed by atoms with van der Waals surface area (Å²) >= 11 is 0. The van der Waals surface area contributed by atoms with Crippen molar-refractivity contribution in [1.29, 1.82) is 0 Å². The summed E-state index contributed by atoms with van der Waals surface area (Å²) in [4.78, 5) is 23.1. The molecule has 20 heavy (non-hydrogen) atoms. The van der Waals surface area contributed by atoms with Gasteiger partial charge in [0, 0.05) is 12.8 Å². The first-order valence-electron chi connectivity index (χ1n) is 7.89. The van der Waals surface area contributed by atoms with Gasteiger partial charge < -0.3 is 0 Å². The summed E-state index contributed by atoms with van der Waals surface area (Å²) in [6, 6.07) is 0. The average molecular weight is 274 g/mol. The molecule has 0 bridgehead atoms. The predicted octanol–water partition coefficient (Wildman–Crippen LogP) is 4.40. The van der Waals surface area contributed by atoms with Crippen LogP contribution in [0.25, 0.3) is 0 Å². The molecule has 1 fully saturated rings. The summed E-state index contributed by atoms with van der Waals surface area (Å²) in [5.41, 5.74) is 2.95. The molecular formula is C18H26O2. The molecule has 0 saturated heterocycles. The minimum atomic E-state index is 0.157. The minimum absolute atomic E-state index is 0.157. The van der Waals surface area contributed by atoms with Crippen molar-refractivity contribution in [2.24, 2.45) is 11.8 Å². The zero-order valence-corrected chi connectivity index (χ0v) is 12.8. The lowest BCUT2D eigenvalue weighted by molar-refractivity contribution is -0.132. The third-order valence-electron chi connectivity index (χ3n) is 4.60. The second kappa shape index (κ2) is 7.01. The van der Waals surface area contributed by atoms with E-state index in [4.69, 9.17) is 0 Å². The van der Waals surface area contributed by atoms with E-state index in [1.807, 2.05) is 0 Å². The fourth-order valence-electron chi connectivity index (χ4n) is 3.46. The van der Waals surface area contributed by atoms with Gasteiger partial charge in [-0.3, -0.25) is 9.59 Å². The van der Waals surface area contributed by atoms with Gasteiger partial charge in [0.25, 0.3) is 0 Å². The van der Waals surface area contributed by atoms with Crippen LogP contribution < -0.4 is 0 Å². The molecule has 2 nitrogen and oxygen atoms in total. The quantitative estimate of drug-likeness (QED) is 0.562. The zero-order valence-electron chi connectivity index (χ0n) is 12.8. The molecule has 0 spiro atoms.